The molecule has 5 nitrogen and oxygen atoms in total. The van der Waals surface area contributed by atoms with Crippen LogP contribution in [0.4, 0.5) is 0 Å². The third-order valence-electron chi connectivity index (χ3n) is 3.32. The average molecular weight is 278 g/mol. The highest BCUT2D eigenvalue weighted by Gasteiger charge is 2.15. The van der Waals surface area contributed by atoms with Crippen molar-refractivity contribution in [1.82, 2.24) is 14.9 Å². The van der Waals surface area contributed by atoms with E-state index in [2.05, 4.69) is 20.9 Å². The summed E-state index contributed by atoms with van der Waals surface area (Å²) in [7, 11) is 1.70. The molecule has 20 heavy (non-hydrogen) atoms. The summed E-state index contributed by atoms with van der Waals surface area (Å²) in [6.07, 6.45) is 6.94. The second-order valence-corrected chi connectivity index (χ2v) is 5.66. The minimum absolute atomic E-state index is 0.209. The van der Waals surface area contributed by atoms with Gasteiger partial charge < -0.3 is 14.6 Å². The molecule has 0 fully saturated rings. The Morgan fingerprint density at radius 1 is 1.45 bits per heavy atom. The van der Waals surface area contributed by atoms with Gasteiger partial charge in [-0.3, -0.25) is 0 Å². The van der Waals surface area contributed by atoms with Crippen LogP contribution in [-0.4, -0.2) is 29.8 Å². The van der Waals surface area contributed by atoms with Gasteiger partial charge in [0, 0.05) is 32.6 Å². The lowest BCUT2D eigenvalue weighted by Crippen LogP contribution is -2.21. The summed E-state index contributed by atoms with van der Waals surface area (Å²) in [4.78, 5) is 4.36. The van der Waals surface area contributed by atoms with Crippen molar-refractivity contribution in [3.63, 3.8) is 0 Å². The molecule has 0 saturated heterocycles. The molecule has 1 N–H and O–H groups in total. The summed E-state index contributed by atoms with van der Waals surface area (Å²) in [6, 6.07) is 2.35. The van der Waals surface area contributed by atoms with Gasteiger partial charge in [0.2, 0.25) is 0 Å². The Balaban J connectivity index is 2.27. The number of rotatable bonds is 10. The van der Waals surface area contributed by atoms with E-state index in [0.717, 1.165) is 44.7 Å². The molecule has 1 aromatic rings. The zero-order valence-electron chi connectivity index (χ0n) is 12.9. The Bertz CT molecular complexity index is 420. The summed E-state index contributed by atoms with van der Waals surface area (Å²) >= 11 is 0. The van der Waals surface area contributed by atoms with E-state index < -0.39 is 0 Å². The van der Waals surface area contributed by atoms with Crippen molar-refractivity contribution in [3.05, 3.63) is 18.2 Å². The van der Waals surface area contributed by atoms with Crippen LogP contribution in [0.25, 0.3) is 0 Å². The van der Waals surface area contributed by atoms with Crippen molar-refractivity contribution in [2.75, 3.05) is 20.3 Å². The van der Waals surface area contributed by atoms with Gasteiger partial charge in [0.1, 0.15) is 5.82 Å². The molecule has 1 heterocycles. The molecule has 0 atom stereocenters. The highest BCUT2D eigenvalue weighted by molar-refractivity contribution is 4.93. The number of nitriles is 1. The molecule has 0 aliphatic heterocycles. The van der Waals surface area contributed by atoms with Gasteiger partial charge in [0.15, 0.2) is 0 Å². The lowest BCUT2D eigenvalue weighted by atomic mass is 9.89. The molecule has 0 bridgehead atoms. The van der Waals surface area contributed by atoms with E-state index in [9.17, 15) is 0 Å². The van der Waals surface area contributed by atoms with Crippen molar-refractivity contribution < 1.29 is 4.74 Å². The van der Waals surface area contributed by atoms with Crippen LogP contribution in [0.1, 0.15) is 38.9 Å². The van der Waals surface area contributed by atoms with Gasteiger partial charge in [0.25, 0.3) is 0 Å². The number of aryl methyl sites for hydroxylation is 1. The molecule has 0 spiro atoms. The number of hydrogen-bond donors (Lipinski definition) is 1. The first-order valence-electron chi connectivity index (χ1n) is 7.20. The zero-order chi connectivity index (χ0) is 14.8. The van der Waals surface area contributed by atoms with Crippen LogP contribution < -0.4 is 5.32 Å². The molecule has 112 valence electrons. The highest BCUT2D eigenvalue weighted by atomic mass is 16.5. The molecule has 0 unspecified atom stereocenters. The normalized spacial score (nSPS) is 11.5. The van der Waals surface area contributed by atoms with Gasteiger partial charge in [-0.05, 0) is 26.7 Å². The van der Waals surface area contributed by atoms with Crippen LogP contribution in [-0.2, 0) is 17.8 Å². The third-order valence-corrected chi connectivity index (χ3v) is 3.32. The van der Waals surface area contributed by atoms with E-state index in [-0.39, 0.29) is 5.41 Å². The maximum Gasteiger partial charge on any atom is 0.122 e. The zero-order valence-corrected chi connectivity index (χ0v) is 12.9. The Morgan fingerprint density at radius 3 is 2.95 bits per heavy atom. The molecule has 0 amide bonds. The van der Waals surface area contributed by atoms with E-state index in [0.29, 0.717) is 6.61 Å². The van der Waals surface area contributed by atoms with Crippen LogP contribution in [0, 0.1) is 16.7 Å². The number of nitrogens with zero attached hydrogens (tertiary/aromatic N) is 3. The monoisotopic (exact) mass is 278 g/mol. The molecule has 0 saturated carbocycles. The van der Waals surface area contributed by atoms with E-state index >= 15 is 0 Å². The summed E-state index contributed by atoms with van der Waals surface area (Å²) in [5.41, 5.74) is -0.209. The molecule has 0 aliphatic rings. The first kappa shape index (κ1) is 16.7. The Kier molecular flexibility index (Phi) is 7.27. The van der Waals surface area contributed by atoms with E-state index in [1.807, 2.05) is 26.2 Å². The topological polar surface area (TPSA) is 62.9 Å². The van der Waals surface area contributed by atoms with Crippen LogP contribution >= 0.6 is 0 Å². The number of hydrogen-bond acceptors (Lipinski definition) is 4. The smallest absolute Gasteiger partial charge is 0.122 e. The van der Waals surface area contributed by atoms with Crippen molar-refractivity contribution in [3.8, 4) is 6.07 Å². The minimum atomic E-state index is -0.209. The SMILES string of the molecule is COCCNCc1nccn1CCCCC(C)(C)C#N. The predicted octanol–water partition coefficient (Wildman–Crippen LogP) is 2.34. The summed E-state index contributed by atoms with van der Waals surface area (Å²) in [5.74, 6) is 1.06. The maximum atomic E-state index is 8.98. The van der Waals surface area contributed by atoms with Crippen LogP contribution in [0.3, 0.4) is 0 Å². The second-order valence-electron chi connectivity index (χ2n) is 5.66. The van der Waals surface area contributed by atoms with Gasteiger partial charge in [-0.1, -0.05) is 6.42 Å². The number of aromatic nitrogens is 2. The van der Waals surface area contributed by atoms with Gasteiger partial charge in [-0.25, -0.2) is 4.98 Å². The summed E-state index contributed by atoms with van der Waals surface area (Å²) in [5, 5.41) is 12.3. The van der Waals surface area contributed by atoms with Crippen molar-refractivity contribution >= 4 is 0 Å². The number of imidazole rings is 1. The molecular formula is C15H26N4O. The standard InChI is InChI=1S/C15H26N4O/c1-15(2,13-16)6-4-5-9-19-10-7-18-14(19)12-17-8-11-20-3/h7,10,17H,4-6,8-9,11-12H2,1-3H3. The quantitative estimate of drug-likeness (QED) is 0.667. The van der Waals surface area contributed by atoms with Crippen LogP contribution in [0.15, 0.2) is 12.4 Å². The largest absolute Gasteiger partial charge is 0.383 e. The van der Waals surface area contributed by atoms with Crippen LogP contribution in [0.2, 0.25) is 0 Å². The molecule has 1 aromatic heterocycles. The lowest BCUT2D eigenvalue weighted by molar-refractivity contribution is 0.198. The first-order valence-corrected chi connectivity index (χ1v) is 7.20. The Labute approximate surface area is 122 Å². The second kappa shape index (κ2) is 8.72. The molecule has 0 aromatic carbocycles. The van der Waals surface area contributed by atoms with Gasteiger partial charge in [0.05, 0.1) is 24.6 Å². The van der Waals surface area contributed by atoms with E-state index in [1.165, 1.54) is 0 Å². The Morgan fingerprint density at radius 2 is 2.25 bits per heavy atom. The Hall–Kier alpha value is -1.38. The van der Waals surface area contributed by atoms with E-state index in [1.54, 1.807) is 7.11 Å². The van der Waals surface area contributed by atoms with Crippen molar-refractivity contribution in [1.29, 1.82) is 5.26 Å². The summed E-state index contributed by atoms with van der Waals surface area (Å²) < 4.78 is 7.18. The number of unbranched alkanes of at least 4 members (excludes halogenated alkanes) is 1. The van der Waals surface area contributed by atoms with Crippen molar-refractivity contribution in [2.45, 2.75) is 46.2 Å². The lowest BCUT2D eigenvalue weighted by Gasteiger charge is -2.15. The van der Waals surface area contributed by atoms with Gasteiger partial charge in [-0.15, -0.1) is 0 Å². The van der Waals surface area contributed by atoms with Gasteiger partial charge in [-0.2, -0.15) is 5.26 Å². The number of methoxy groups -OCH3 is 1. The third kappa shape index (κ3) is 6.18. The van der Waals surface area contributed by atoms with Gasteiger partial charge >= 0.3 is 0 Å². The molecule has 0 radical (unpaired) electrons. The molecule has 0 aliphatic carbocycles. The van der Waals surface area contributed by atoms with Crippen LogP contribution in [0.5, 0.6) is 0 Å². The molecular weight excluding hydrogens is 252 g/mol. The fourth-order valence-electron chi connectivity index (χ4n) is 1.99. The molecule has 1 rings (SSSR count). The van der Waals surface area contributed by atoms with E-state index in [4.69, 9.17) is 10.00 Å². The fourth-order valence-corrected chi connectivity index (χ4v) is 1.99. The maximum absolute atomic E-state index is 8.98. The number of nitrogens with one attached hydrogen (secondary N) is 1. The number of ether oxygens (including phenoxy) is 1. The predicted molar refractivity (Wildman–Crippen MR) is 79.1 cm³/mol. The highest BCUT2D eigenvalue weighted by Crippen LogP contribution is 2.21. The fraction of sp³-hybridized carbons (Fsp3) is 0.733. The summed E-state index contributed by atoms with van der Waals surface area (Å²) in [6.45, 7) is 7.26. The minimum Gasteiger partial charge on any atom is -0.383 e. The first-order chi connectivity index (χ1) is 9.59. The average Bonchev–Trinajstić information content (AvgIpc) is 2.87. The van der Waals surface area contributed by atoms with Crippen molar-refractivity contribution in [2.24, 2.45) is 5.41 Å². The molecule has 5 heteroatoms.